The van der Waals surface area contributed by atoms with Crippen LogP contribution in [0.25, 0.3) is 0 Å². The second-order valence-electron chi connectivity index (χ2n) is 5.60. The number of hydrogen-bond acceptors (Lipinski definition) is 3. The van der Waals surface area contributed by atoms with Crippen LogP contribution in [0.15, 0.2) is 6.07 Å². The minimum Gasteiger partial charge on any atom is -0.340 e. The predicted octanol–water partition coefficient (Wildman–Crippen LogP) is 1.78. The Kier molecular flexibility index (Phi) is 4.62. The average Bonchev–Trinajstić information content (AvgIpc) is 2.98. The molecule has 1 atom stereocenters. The molecule has 0 spiro atoms. The quantitative estimate of drug-likeness (QED) is 0.877. The molecule has 0 aliphatic carbocycles. The van der Waals surface area contributed by atoms with Crippen molar-refractivity contribution in [1.82, 2.24) is 14.8 Å². The molecule has 1 unspecified atom stereocenters. The molecule has 1 fully saturated rings. The zero-order valence-corrected chi connectivity index (χ0v) is 12.2. The van der Waals surface area contributed by atoms with Gasteiger partial charge in [0.2, 0.25) is 0 Å². The summed E-state index contributed by atoms with van der Waals surface area (Å²) in [6, 6.07) is 4.71. The lowest BCUT2D eigenvalue weighted by Gasteiger charge is -2.21. The third kappa shape index (κ3) is 3.37. The number of hydrogen-bond donors (Lipinski definition) is 1. The molecule has 1 aliphatic heterocycles. The van der Waals surface area contributed by atoms with Crippen LogP contribution < -0.4 is 5.32 Å². The van der Waals surface area contributed by atoms with Crippen molar-refractivity contribution in [2.75, 3.05) is 19.6 Å². The molecule has 1 aromatic heterocycles. The Morgan fingerprint density at radius 2 is 2.11 bits per heavy atom. The third-order valence-electron chi connectivity index (χ3n) is 4.13. The Bertz CT molecular complexity index is 463. The second-order valence-corrected chi connectivity index (χ2v) is 5.60. The molecule has 1 N–H and O–H groups in total. The number of nitrogens with zero attached hydrogens (tertiary/aromatic N) is 3. The van der Waals surface area contributed by atoms with Gasteiger partial charge >= 0.3 is 0 Å². The molecule has 0 aromatic carbocycles. The van der Waals surface area contributed by atoms with Crippen LogP contribution in [0.4, 0.5) is 0 Å². The zero-order chi connectivity index (χ0) is 13.8. The first-order valence-corrected chi connectivity index (χ1v) is 7.13. The standard InChI is InChI=1S/C15H24N4/c1-12(11-19-6-4-5-7-19)17-10-14-8-15(9-16)18(3)13(14)2/h8,12,17H,4-7,10-11H2,1-3H3. The largest absolute Gasteiger partial charge is 0.340 e. The van der Waals surface area contributed by atoms with Crippen LogP contribution in [0.3, 0.4) is 0 Å². The van der Waals surface area contributed by atoms with Crippen LogP contribution in [-0.2, 0) is 13.6 Å². The summed E-state index contributed by atoms with van der Waals surface area (Å²) in [5, 5.41) is 12.6. The van der Waals surface area contributed by atoms with Crippen LogP contribution in [0.2, 0.25) is 0 Å². The highest BCUT2D eigenvalue weighted by molar-refractivity contribution is 5.34. The molecule has 19 heavy (non-hydrogen) atoms. The maximum Gasteiger partial charge on any atom is 0.120 e. The topological polar surface area (TPSA) is 44.0 Å². The smallest absolute Gasteiger partial charge is 0.120 e. The Morgan fingerprint density at radius 1 is 1.42 bits per heavy atom. The third-order valence-corrected chi connectivity index (χ3v) is 4.13. The first kappa shape index (κ1) is 14.1. The highest BCUT2D eigenvalue weighted by Crippen LogP contribution is 2.13. The molecule has 0 amide bonds. The van der Waals surface area contributed by atoms with E-state index in [1.807, 2.05) is 17.7 Å². The van der Waals surface area contributed by atoms with Gasteiger partial charge in [0.25, 0.3) is 0 Å². The van der Waals surface area contributed by atoms with E-state index in [0.29, 0.717) is 6.04 Å². The van der Waals surface area contributed by atoms with Crippen LogP contribution in [0.1, 0.15) is 36.7 Å². The summed E-state index contributed by atoms with van der Waals surface area (Å²) in [6.07, 6.45) is 2.69. The molecule has 1 saturated heterocycles. The molecule has 0 saturated carbocycles. The van der Waals surface area contributed by atoms with E-state index in [4.69, 9.17) is 5.26 Å². The molecule has 1 aromatic rings. The van der Waals surface area contributed by atoms with Gasteiger partial charge in [0, 0.05) is 31.9 Å². The lowest BCUT2D eigenvalue weighted by Crippen LogP contribution is -2.37. The number of aromatic nitrogens is 1. The molecular weight excluding hydrogens is 236 g/mol. The molecular formula is C15H24N4. The van der Waals surface area contributed by atoms with Gasteiger partial charge in [-0.1, -0.05) is 0 Å². The van der Waals surface area contributed by atoms with Gasteiger partial charge in [-0.3, -0.25) is 0 Å². The van der Waals surface area contributed by atoms with Gasteiger partial charge in [-0.25, -0.2) is 0 Å². The lowest BCUT2D eigenvalue weighted by molar-refractivity contribution is 0.298. The zero-order valence-electron chi connectivity index (χ0n) is 12.2. The van der Waals surface area contributed by atoms with Crippen LogP contribution in [0.5, 0.6) is 0 Å². The lowest BCUT2D eigenvalue weighted by atomic mass is 10.2. The SMILES string of the molecule is Cc1c(CNC(C)CN2CCCC2)cc(C#N)n1C. The minimum atomic E-state index is 0.489. The van der Waals surface area contributed by atoms with E-state index in [1.165, 1.54) is 37.2 Å². The average molecular weight is 260 g/mol. The summed E-state index contributed by atoms with van der Waals surface area (Å²) < 4.78 is 1.96. The molecule has 4 heteroatoms. The Hall–Kier alpha value is -1.31. The van der Waals surface area contributed by atoms with Crippen LogP contribution >= 0.6 is 0 Å². The number of nitrogens with one attached hydrogen (secondary N) is 1. The van der Waals surface area contributed by atoms with E-state index in [2.05, 4.69) is 30.1 Å². The van der Waals surface area contributed by atoms with Gasteiger partial charge in [0.05, 0.1) is 0 Å². The summed E-state index contributed by atoms with van der Waals surface area (Å²) in [4.78, 5) is 2.52. The molecule has 2 heterocycles. The van der Waals surface area contributed by atoms with Gasteiger partial charge < -0.3 is 14.8 Å². The van der Waals surface area contributed by atoms with E-state index in [1.54, 1.807) is 0 Å². The van der Waals surface area contributed by atoms with Crippen molar-refractivity contribution in [3.63, 3.8) is 0 Å². The van der Waals surface area contributed by atoms with E-state index in [-0.39, 0.29) is 0 Å². The van der Waals surface area contributed by atoms with E-state index < -0.39 is 0 Å². The highest BCUT2D eigenvalue weighted by Gasteiger charge is 2.15. The highest BCUT2D eigenvalue weighted by atomic mass is 15.2. The normalized spacial score (nSPS) is 17.6. The summed E-state index contributed by atoms with van der Waals surface area (Å²) >= 11 is 0. The molecule has 1 aliphatic rings. The van der Waals surface area contributed by atoms with Gasteiger partial charge in [0.15, 0.2) is 0 Å². The molecule has 104 valence electrons. The van der Waals surface area contributed by atoms with Gasteiger partial charge in [-0.05, 0) is 51.4 Å². The van der Waals surface area contributed by atoms with Gasteiger partial charge in [-0.2, -0.15) is 5.26 Å². The number of likely N-dealkylation sites (tertiary alicyclic amines) is 1. The van der Waals surface area contributed by atoms with Crippen molar-refractivity contribution in [2.45, 2.75) is 39.3 Å². The van der Waals surface area contributed by atoms with E-state index >= 15 is 0 Å². The van der Waals surface area contributed by atoms with E-state index in [9.17, 15) is 0 Å². The fourth-order valence-electron chi connectivity index (χ4n) is 2.75. The molecule has 4 nitrogen and oxygen atoms in total. The van der Waals surface area contributed by atoms with E-state index in [0.717, 1.165) is 18.8 Å². The summed E-state index contributed by atoms with van der Waals surface area (Å²) in [5.41, 5.74) is 3.14. The summed E-state index contributed by atoms with van der Waals surface area (Å²) in [5.74, 6) is 0. The monoisotopic (exact) mass is 260 g/mol. The Balaban J connectivity index is 1.86. The first-order chi connectivity index (χ1) is 9.11. The predicted molar refractivity (Wildman–Crippen MR) is 76.8 cm³/mol. The molecule has 0 bridgehead atoms. The van der Waals surface area contributed by atoms with Crippen LogP contribution in [-0.4, -0.2) is 35.1 Å². The number of nitriles is 1. The second kappa shape index (κ2) is 6.23. The maximum atomic E-state index is 9.03. The fraction of sp³-hybridized carbons (Fsp3) is 0.667. The number of rotatable bonds is 5. The minimum absolute atomic E-state index is 0.489. The van der Waals surface area contributed by atoms with Crippen molar-refractivity contribution in [1.29, 1.82) is 5.26 Å². The Morgan fingerprint density at radius 3 is 2.68 bits per heavy atom. The van der Waals surface area contributed by atoms with Crippen molar-refractivity contribution < 1.29 is 0 Å². The fourth-order valence-corrected chi connectivity index (χ4v) is 2.75. The molecule has 0 radical (unpaired) electrons. The first-order valence-electron chi connectivity index (χ1n) is 7.13. The maximum absolute atomic E-state index is 9.03. The summed E-state index contributed by atoms with van der Waals surface area (Å²) in [7, 11) is 1.95. The Labute approximate surface area is 116 Å². The van der Waals surface area contributed by atoms with Crippen LogP contribution in [0, 0.1) is 18.3 Å². The van der Waals surface area contributed by atoms with Gasteiger partial charge in [0.1, 0.15) is 11.8 Å². The van der Waals surface area contributed by atoms with Gasteiger partial charge in [-0.15, -0.1) is 0 Å². The summed E-state index contributed by atoms with van der Waals surface area (Å²) in [6.45, 7) is 8.77. The van der Waals surface area contributed by atoms with Crippen molar-refractivity contribution in [2.24, 2.45) is 7.05 Å². The van der Waals surface area contributed by atoms with Crippen molar-refractivity contribution in [3.8, 4) is 6.07 Å². The van der Waals surface area contributed by atoms with Crippen molar-refractivity contribution >= 4 is 0 Å². The van der Waals surface area contributed by atoms with Crippen molar-refractivity contribution in [3.05, 3.63) is 23.0 Å². The molecule has 2 rings (SSSR count).